The Morgan fingerprint density at radius 2 is 2.36 bits per heavy atom. The molecule has 2 N–H and O–H groups in total. The Morgan fingerprint density at radius 1 is 1.64 bits per heavy atom. The fraction of sp³-hybridized carbons (Fsp3) is 0.875. The van der Waals surface area contributed by atoms with Gasteiger partial charge in [0, 0.05) is 18.2 Å². The highest BCUT2D eigenvalue weighted by atomic mass is 32.2. The molecule has 0 radical (unpaired) electrons. The molecule has 1 rings (SSSR count). The van der Waals surface area contributed by atoms with Gasteiger partial charge in [-0.1, -0.05) is 0 Å². The second-order valence-electron chi connectivity index (χ2n) is 3.21. The van der Waals surface area contributed by atoms with E-state index in [4.69, 9.17) is 5.11 Å². The number of nitrogens with one attached hydrogen (secondary N) is 1. The fourth-order valence-corrected chi connectivity index (χ4v) is 2.40. The van der Waals surface area contributed by atoms with Crippen LogP contribution < -0.4 is 5.32 Å². The van der Waals surface area contributed by atoms with Crippen molar-refractivity contribution in [3.8, 4) is 0 Å². The van der Waals surface area contributed by atoms with Crippen LogP contribution in [-0.4, -0.2) is 41.6 Å². The van der Waals surface area contributed by atoms with Crippen molar-refractivity contribution in [1.82, 2.24) is 5.32 Å². The Bertz CT molecular complexity index is 198. The Morgan fingerprint density at radius 3 is 2.86 bits per heavy atom. The van der Waals surface area contributed by atoms with Crippen molar-refractivity contribution < 1.29 is 18.7 Å². The first-order chi connectivity index (χ1) is 6.61. The van der Waals surface area contributed by atoms with Crippen molar-refractivity contribution in [2.75, 3.05) is 18.1 Å². The van der Waals surface area contributed by atoms with E-state index in [9.17, 15) is 13.6 Å². The van der Waals surface area contributed by atoms with Gasteiger partial charge in [0.1, 0.15) is 6.10 Å². The smallest absolute Gasteiger partial charge is 0.265 e. The van der Waals surface area contributed by atoms with E-state index in [1.807, 2.05) is 0 Å². The van der Waals surface area contributed by atoms with Crippen LogP contribution in [0.4, 0.5) is 8.78 Å². The van der Waals surface area contributed by atoms with Crippen molar-refractivity contribution in [3.63, 3.8) is 0 Å². The Hall–Kier alpha value is -0.360. The summed E-state index contributed by atoms with van der Waals surface area (Å²) in [4.78, 5) is 11.3. The van der Waals surface area contributed by atoms with Gasteiger partial charge in [0.2, 0.25) is 5.91 Å². The van der Waals surface area contributed by atoms with Crippen LogP contribution in [0.25, 0.3) is 0 Å². The predicted octanol–water partition coefficient (Wildman–Crippen LogP) is 0.482. The first-order valence-corrected chi connectivity index (χ1v) is 5.58. The zero-order chi connectivity index (χ0) is 10.6. The van der Waals surface area contributed by atoms with Crippen LogP contribution in [0, 0.1) is 5.92 Å². The minimum atomic E-state index is -2.80. The Kier molecular flexibility index (Phi) is 4.60. The summed E-state index contributed by atoms with van der Waals surface area (Å²) in [6.07, 6.45) is -3.76. The number of halogens is 2. The van der Waals surface area contributed by atoms with Crippen LogP contribution in [0.2, 0.25) is 0 Å². The highest BCUT2D eigenvalue weighted by Gasteiger charge is 2.24. The average molecular weight is 225 g/mol. The lowest BCUT2D eigenvalue weighted by molar-refractivity contribution is -0.125. The van der Waals surface area contributed by atoms with Gasteiger partial charge in [-0.05, 0) is 12.2 Å². The molecule has 1 fully saturated rings. The number of rotatable bonds is 4. The van der Waals surface area contributed by atoms with Gasteiger partial charge < -0.3 is 10.4 Å². The number of hydrogen-bond donors (Lipinski definition) is 2. The van der Waals surface area contributed by atoms with E-state index in [2.05, 4.69) is 5.32 Å². The number of carbonyl (C=O) groups is 1. The van der Waals surface area contributed by atoms with Crippen molar-refractivity contribution >= 4 is 17.7 Å². The van der Waals surface area contributed by atoms with Crippen LogP contribution in [0.3, 0.4) is 0 Å². The molecule has 0 spiro atoms. The monoisotopic (exact) mass is 225 g/mol. The third-order valence-corrected chi connectivity index (χ3v) is 3.24. The number of alkyl halides is 2. The molecular formula is C8H13F2NO2S. The van der Waals surface area contributed by atoms with Crippen molar-refractivity contribution in [1.29, 1.82) is 0 Å². The molecule has 0 aromatic rings. The maximum absolute atomic E-state index is 11.9. The van der Waals surface area contributed by atoms with Gasteiger partial charge in [-0.15, -0.1) is 0 Å². The van der Waals surface area contributed by atoms with Gasteiger partial charge in [0.15, 0.2) is 0 Å². The first-order valence-electron chi connectivity index (χ1n) is 4.43. The average Bonchev–Trinajstić information content (AvgIpc) is 2.66. The van der Waals surface area contributed by atoms with Gasteiger partial charge >= 0.3 is 0 Å². The number of aliphatic hydroxyl groups excluding tert-OH is 1. The molecule has 82 valence electrons. The molecule has 1 heterocycles. The molecule has 14 heavy (non-hydrogen) atoms. The summed E-state index contributed by atoms with van der Waals surface area (Å²) < 4.78 is 23.7. The van der Waals surface area contributed by atoms with Gasteiger partial charge in [0.25, 0.3) is 6.43 Å². The molecule has 6 heteroatoms. The van der Waals surface area contributed by atoms with E-state index in [0.717, 1.165) is 17.9 Å². The zero-order valence-electron chi connectivity index (χ0n) is 7.58. The lowest BCUT2D eigenvalue weighted by Gasteiger charge is -2.13. The highest BCUT2D eigenvalue weighted by Crippen LogP contribution is 2.23. The van der Waals surface area contributed by atoms with Crippen LogP contribution in [-0.2, 0) is 4.79 Å². The molecule has 1 aliphatic heterocycles. The maximum Gasteiger partial charge on any atom is 0.265 e. The molecule has 1 aliphatic rings. The molecule has 3 nitrogen and oxygen atoms in total. The highest BCUT2D eigenvalue weighted by molar-refractivity contribution is 7.99. The third-order valence-electron chi connectivity index (χ3n) is 2.08. The summed E-state index contributed by atoms with van der Waals surface area (Å²) in [5, 5.41) is 11.1. The Labute approximate surface area is 85.2 Å². The molecule has 0 saturated carbocycles. The van der Waals surface area contributed by atoms with Crippen LogP contribution >= 0.6 is 11.8 Å². The molecule has 0 aromatic heterocycles. The van der Waals surface area contributed by atoms with Crippen LogP contribution in [0.5, 0.6) is 0 Å². The summed E-state index contributed by atoms with van der Waals surface area (Å²) >= 11 is 1.68. The molecule has 0 aromatic carbocycles. The van der Waals surface area contributed by atoms with Gasteiger partial charge in [0.05, 0.1) is 0 Å². The third kappa shape index (κ3) is 3.42. The van der Waals surface area contributed by atoms with Crippen molar-refractivity contribution in [3.05, 3.63) is 0 Å². The fourth-order valence-electron chi connectivity index (χ4n) is 1.18. The van der Waals surface area contributed by atoms with Gasteiger partial charge in [-0.3, -0.25) is 4.79 Å². The number of aliphatic hydroxyl groups is 1. The van der Waals surface area contributed by atoms with Gasteiger partial charge in [-0.2, -0.15) is 11.8 Å². The van der Waals surface area contributed by atoms with E-state index >= 15 is 0 Å². The van der Waals surface area contributed by atoms with E-state index in [-0.39, 0.29) is 18.4 Å². The minimum absolute atomic E-state index is 0.0788. The summed E-state index contributed by atoms with van der Waals surface area (Å²) in [6, 6.07) is 0. The van der Waals surface area contributed by atoms with E-state index in [0.29, 0.717) is 0 Å². The number of hydrogen-bond acceptors (Lipinski definition) is 3. The van der Waals surface area contributed by atoms with Crippen molar-refractivity contribution in [2.24, 2.45) is 5.92 Å². The topological polar surface area (TPSA) is 49.3 Å². The first kappa shape index (κ1) is 11.7. The molecular weight excluding hydrogens is 212 g/mol. The van der Waals surface area contributed by atoms with E-state index in [1.54, 1.807) is 11.8 Å². The number of amides is 1. The Balaban J connectivity index is 2.20. The molecule has 2 unspecified atom stereocenters. The second-order valence-corrected chi connectivity index (χ2v) is 4.36. The lowest BCUT2D eigenvalue weighted by atomic mass is 10.1. The molecule has 1 saturated heterocycles. The summed E-state index contributed by atoms with van der Waals surface area (Å²) in [5.41, 5.74) is 0. The molecule has 0 aliphatic carbocycles. The van der Waals surface area contributed by atoms with Crippen molar-refractivity contribution in [2.45, 2.75) is 19.0 Å². The molecule has 1 amide bonds. The SMILES string of the molecule is O=C(NCC(O)C(F)F)C1CCSC1. The second kappa shape index (κ2) is 5.50. The van der Waals surface area contributed by atoms with Crippen LogP contribution in [0.15, 0.2) is 0 Å². The standard InChI is InChI=1S/C8H13F2NO2S/c9-7(10)6(12)3-11-8(13)5-1-2-14-4-5/h5-7,12H,1-4H2,(H,11,13). The summed E-state index contributed by atoms with van der Waals surface area (Å²) in [7, 11) is 0. The summed E-state index contributed by atoms with van der Waals surface area (Å²) in [6.45, 7) is -0.363. The quantitative estimate of drug-likeness (QED) is 0.731. The van der Waals surface area contributed by atoms with E-state index in [1.165, 1.54) is 0 Å². The number of carbonyl (C=O) groups excluding carboxylic acids is 1. The number of thioether (sulfide) groups is 1. The lowest BCUT2D eigenvalue weighted by Crippen LogP contribution is -2.39. The largest absolute Gasteiger partial charge is 0.385 e. The normalized spacial score (nSPS) is 23.9. The van der Waals surface area contributed by atoms with Crippen LogP contribution in [0.1, 0.15) is 6.42 Å². The predicted molar refractivity (Wildman–Crippen MR) is 50.5 cm³/mol. The molecule has 2 atom stereocenters. The van der Waals surface area contributed by atoms with E-state index < -0.39 is 12.5 Å². The minimum Gasteiger partial charge on any atom is -0.385 e. The zero-order valence-corrected chi connectivity index (χ0v) is 8.40. The maximum atomic E-state index is 11.9. The molecule has 0 bridgehead atoms. The van der Waals surface area contributed by atoms with Gasteiger partial charge in [-0.25, -0.2) is 8.78 Å². The summed E-state index contributed by atoms with van der Waals surface area (Å²) in [5.74, 6) is 1.38.